The van der Waals surface area contributed by atoms with Crippen LogP contribution in [-0.4, -0.2) is 22.4 Å². The molecule has 3 nitrogen and oxygen atoms in total. The maximum absolute atomic E-state index is 12.6. The first-order chi connectivity index (χ1) is 10.6. The van der Waals surface area contributed by atoms with E-state index in [4.69, 9.17) is 0 Å². The number of thioether (sulfide) groups is 1. The van der Waals surface area contributed by atoms with Crippen LogP contribution in [0.3, 0.4) is 0 Å². The summed E-state index contributed by atoms with van der Waals surface area (Å²) < 4.78 is 0. The summed E-state index contributed by atoms with van der Waals surface area (Å²) in [5.74, 6) is 0.386. The van der Waals surface area contributed by atoms with Crippen molar-refractivity contribution in [1.29, 1.82) is 0 Å². The third-order valence-electron chi connectivity index (χ3n) is 3.60. The zero-order chi connectivity index (χ0) is 15.7. The normalized spacial score (nSPS) is 12.8. The second-order valence-electron chi connectivity index (χ2n) is 5.10. The molecule has 0 unspecified atom stereocenters. The topological polar surface area (TPSA) is 51.2 Å². The lowest BCUT2D eigenvalue weighted by Gasteiger charge is -2.17. The van der Waals surface area contributed by atoms with E-state index in [1.807, 2.05) is 6.92 Å². The number of ketones is 2. The van der Waals surface area contributed by atoms with Crippen LogP contribution in [0.2, 0.25) is 0 Å². The van der Waals surface area contributed by atoms with Crippen LogP contribution < -0.4 is 0 Å². The second kappa shape index (κ2) is 5.89. The van der Waals surface area contributed by atoms with Crippen molar-refractivity contribution in [3.63, 3.8) is 0 Å². The smallest absolute Gasteiger partial charge is 0.219 e. The van der Waals surface area contributed by atoms with Gasteiger partial charge in [-0.2, -0.15) is 0 Å². The van der Waals surface area contributed by atoms with Gasteiger partial charge in [0.15, 0.2) is 11.6 Å². The van der Waals surface area contributed by atoms with Gasteiger partial charge in [-0.1, -0.05) is 43.0 Å². The Balaban J connectivity index is 2.04. The van der Waals surface area contributed by atoms with Crippen LogP contribution in [0, 0.1) is 0 Å². The molecule has 2 aromatic rings. The van der Waals surface area contributed by atoms with Crippen molar-refractivity contribution in [2.75, 3.05) is 5.75 Å². The Labute approximate surface area is 132 Å². The predicted molar refractivity (Wildman–Crippen MR) is 86.8 cm³/mol. The fourth-order valence-electron chi connectivity index (χ4n) is 2.50. The quantitative estimate of drug-likeness (QED) is 0.739. The summed E-state index contributed by atoms with van der Waals surface area (Å²) >= 11 is 1.23. The van der Waals surface area contributed by atoms with Gasteiger partial charge in [-0.05, 0) is 24.6 Å². The molecule has 0 atom stereocenters. The molecule has 0 radical (unpaired) electrons. The first-order valence-electron chi connectivity index (χ1n) is 7.13. The van der Waals surface area contributed by atoms with Crippen LogP contribution in [0.15, 0.2) is 42.5 Å². The summed E-state index contributed by atoms with van der Waals surface area (Å²) in [7, 11) is 0. The predicted octanol–water partition coefficient (Wildman–Crippen LogP) is 3.75. The highest BCUT2D eigenvalue weighted by molar-refractivity contribution is 8.14. The monoisotopic (exact) mass is 310 g/mol. The summed E-state index contributed by atoms with van der Waals surface area (Å²) in [6.45, 7) is 2.01. The third kappa shape index (κ3) is 2.40. The summed E-state index contributed by atoms with van der Waals surface area (Å²) in [5.41, 5.74) is 2.01. The second-order valence-corrected chi connectivity index (χ2v) is 6.17. The maximum atomic E-state index is 12.6. The number of hydrogen-bond donors (Lipinski definition) is 0. The lowest BCUT2D eigenvalue weighted by Crippen LogP contribution is -2.21. The molecule has 0 aromatic heterocycles. The van der Waals surface area contributed by atoms with Gasteiger partial charge < -0.3 is 0 Å². The van der Waals surface area contributed by atoms with Gasteiger partial charge in [0.25, 0.3) is 0 Å². The molecule has 0 saturated heterocycles. The maximum Gasteiger partial charge on any atom is 0.219 e. The van der Waals surface area contributed by atoms with Crippen molar-refractivity contribution in [2.24, 2.45) is 0 Å². The number of fused-ring (bicyclic) bond motifs is 2. The fraction of sp³-hybridized carbons (Fsp3) is 0.167. The van der Waals surface area contributed by atoms with E-state index in [9.17, 15) is 14.4 Å². The standard InChI is InChI=1S/C18H14O3S/c1-2-9-22-18(21)11-7-8-14-15(10-11)17(20)13-6-4-3-5-12(13)16(14)19/h3-8,10H,2,9H2,1H3. The molecule has 0 amide bonds. The van der Waals surface area contributed by atoms with Crippen molar-refractivity contribution < 1.29 is 14.4 Å². The lowest BCUT2D eigenvalue weighted by atomic mass is 9.83. The fourth-order valence-corrected chi connectivity index (χ4v) is 3.19. The van der Waals surface area contributed by atoms with E-state index in [1.165, 1.54) is 11.8 Å². The molecule has 2 aromatic carbocycles. The van der Waals surface area contributed by atoms with E-state index in [-0.39, 0.29) is 16.7 Å². The molecule has 0 aliphatic heterocycles. The highest BCUT2D eigenvalue weighted by atomic mass is 32.2. The largest absolute Gasteiger partial charge is 0.289 e. The van der Waals surface area contributed by atoms with Gasteiger partial charge in [0.05, 0.1) is 0 Å². The highest BCUT2D eigenvalue weighted by Gasteiger charge is 2.29. The Morgan fingerprint density at radius 1 is 0.909 bits per heavy atom. The van der Waals surface area contributed by atoms with Crippen LogP contribution in [0.5, 0.6) is 0 Å². The van der Waals surface area contributed by atoms with Crippen LogP contribution in [-0.2, 0) is 0 Å². The number of carbonyl (C=O) groups excluding carboxylic acids is 3. The van der Waals surface area contributed by atoms with Crippen LogP contribution in [0.25, 0.3) is 0 Å². The van der Waals surface area contributed by atoms with Gasteiger partial charge in [-0.3, -0.25) is 14.4 Å². The van der Waals surface area contributed by atoms with E-state index >= 15 is 0 Å². The van der Waals surface area contributed by atoms with Crippen molar-refractivity contribution in [3.05, 3.63) is 70.3 Å². The average molecular weight is 310 g/mol. The van der Waals surface area contributed by atoms with Gasteiger partial charge >= 0.3 is 0 Å². The average Bonchev–Trinajstić information content (AvgIpc) is 2.57. The molecule has 0 spiro atoms. The number of benzene rings is 2. The molecule has 0 saturated carbocycles. The van der Waals surface area contributed by atoms with Gasteiger partial charge in [-0.25, -0.2) is 0 Å². The Morgan fingerprint density at radius 3 is 2.14 bits per heavy atom. The Bertz CT molecular complexity index is 793. The Hall–Kier alpha value is -2.20. The first-order valence-corrected chi connectivity index (χ1v) is 8.11. The van der Waals surface area contributed by atoms with E-state index < -0.39 is 0 Å². The van der Waals surface area contributed by atoms with Gasteiger partial charge in [0.1, 0.15) is 0 Å². The molecule has 0 bridgehead atoms. The van der Waals surface area contributed by atoms with Crippen LogP contribution in [0.4, 0.5) is 0 Å². The highest BCUT2D eigenvalue weighted by Crippen LogP contribution is 2.28. The minimum Gasteiger partial charge on any atom is -0.289 e. The van der Waals surface area contributed by atoms with Crippen molar-refractivity contribution in [1.82, 2.24) is 0 Å². The zero-order valence-corrected chi connectivity index (χ0v) is 12.9. The zero-order valence-electron chi connectivity index (χ0n) is 12.1. The molecular formula is C18H14O3S. The van der Waals surface area contributed by atoms with Crippen LogP contribution >= 0.6 is 11.8 Å². The van der Waals surface area contributed by atoms with E-state index in [1.54, 1.807) is 42.5 Å². The summed E-state index contributed by atoms with van der Waals surface area (Å²) in [6.07, 6.45) is 0.909. The third-order valence-corrected chi connectivity index (χ3v) is 4.71. The van der Waals surface area contributed by atoms with E-state index in [0.29, 0.717) is 27.8 Å². The van der Waals surface area contributed by atoms with E-state index in [0.717, 1.165) is 12.2 Å². The molecule has 0 N–H and O–H groups in total. The SMILES string of the molecule is CCCSC(=O)c1ccc2c(c1)C(=O)c1ccccc1C2=O. The lowest BCUT2D eigenvalue weighted by molar-refractivity contribution is 0.0978. The number of rotatable bonds is 3. The van der Waals surface area contributed by atoms with Crippen molar-refractivity contribution in [2.45, 2.75) is 13.3 Å². The molecule has 0 heterocycles. The van der Waals surface area contributed by atoms with E-state index in [2.05, 4.69) is 0 Å². The Morgan fingerprint density at radius 2 is 1.50 bits per heavy atom. The molecule has 0 fully saturated rings. The molecule has 1 aliphatic carbocycles. The Kier molecular flexibility index (Phi) is 3.94. The first kappa shape index (κ1) is 14.7. The summed E-state index contributed by atoms with van der Waals surface area (Å²) in [5, 5.41) is -0.0660. The van der Waals surface area contributed by atoms with Gasteiger partial charge in [0, 0.05) is 33.6 Å². The van der Waals surface area contributed by atoms with Crippen LogP contribution in [0.1, 0.15) is 55.5 Å². The number of hydrogen-bond acceptors (Lipinski definition) is 4. The molecule has 110 valence electrons. The summed E-state index contributed by atoms with van der Waals surface area (Å²) in [6, 6.07) is 11.6. The van der Waals surface area contributed by atoms with Crippen molar-refractivity contribution in [3.8, 4) is 0 Å². The van der Waals surface area contributed by atoms with Gasteiger partial charge in [0.2, 0.25) is 5.12 Å². The molecule has 22 heavy (non-hydrogen) atoms. The summed E-state index contributed by atoms with van der Waals surface area (Å²) in [4.78, 5) is 37.1. The van der Waals surface area contributed by atoms with Crippen molar-refractivity contribution >= 4 is 28.4 Å². The van der Waals surface area contributed by atoms with Gasteiger partial charge in [-0.15, -0.1) is 0 Å². The molecule has 3 rings (SSSR count). The molecule has 1 aliphatic rings. The number of carbonyl (C=O) groups is 3. The molecular weight excluding hydrogens is 296 g/mol. The minimum atomic E-state index is -0.194. The molecule has 4 heteroatoms. The minimum absolute atomic E-state index is 0.0660.